The van der Waals surface area contributed by atoms with Crippen LogP contribution in [0.3, 0.4) is 0 Å². The fourth-order valence-corrected chi connectivity index (χ4v) is 10.8. The molecule has 0 aliphatic carbocycles. The molecule has 2 aliphatic heterocycles. The van der Waals surface area contributed by atoms with Gasteiger partial charge >= 0.3 is 6.85 Å². The maximum atomic E-state index is 6.98. The first-order valence-corrected chi connectivity index (χ1v) is 20.9. The Morgan fingerprint density at radius 2 is 1.32 bits per heavy atom. The molecule has 0 bridgehead atoms. The molecule has 0 spiro atoms. The summed E-state index contributed by atoms with van der Waals surface area (Å²) in [5.74, 6) is 0. The number of fused-ring (bicyclic) bond motifs is 11. The van der Waals surface area contributed by atoms with Crippen molar-refractivity contribution >= 4 is 99.7 Å². The first-order valence-electron chi connectivity index (χ1n) is 20.1. The van der Waals surface area contributed by atoms with E-state index in [0.29, 0.717) is 0 Å². The minimum Gasteiger partial charge on any atom is -0.455 e. The third-order valence-corrected chi connectivity index (χ3v) is 13.3. The second-order valence-electron chi connectivity index (χ2n) is 15.4. The number of rotatable bonds is 6. The van der Waals surface area contributed by atoms with Gasteiger partial charge < -0.3 is 14.1 Å². The number of nitrogens with zero attached hydrogens (tertiary/aromatic N) is 2. The van der Waals surface area contributed by atoms with Crippen LogP contribution in [0, 0.1) is 0 Å². The fraction of sp³-hybridized carbons (Fsp3) is 0.0769. The minimum absolute atomic E-state index is 0.122. The van der Waals surface area contributed by atoms with Crippen LogP contribution in [0.15, 0.2) is 174 Å². The number of benzene rings is 8. The van der Waals surface area contributed by atoms with Gasteiger partial charge in [0.05, 0.1) is 5.69 Å². The van der Waals surface area contributed by atoms with Crippen molar-refractivity contribution in [3.05, 3.63) is 175 Å². The molecule has 0 radical (unpaired) electrons. The SMILES string of the molecule is CCCCc1ccc(N2c3cc4sc5ccccc5c4cc3B3c4c2cc2c(oc5ccccc52)c4-c2ccccc2N3c2ccccc2)c(-c2ccccc2)c1. The Hall–Kier alpha value is -6.56. The number of unbranched alkanes of at least 4 members (excludes halogenated alkanes) is 1. The van der Waals surface area contributed by atoms with E-state index < -0.39 is 0 Å². The Morgan fingerprint density at radius 1 is 0.561 bits per heavy atom. The summed E-state index contributed by atoms with van der Waals surface area (Å²) in [6.45, 7) is 2.15. The molecule has 10 aromatic rings. The fourth-order valence-electron chi connectivity index (χ4n) is 9.67. The van der Waals surface area contributed by atoms with E-state index in [-0.39, 0.29) is 6.85 Å². The lowest BCUT2D eigenvalue weighted by Crippen LogP contribution is -2.61. The molecule has 2 aliphatic rings. The molecule has 0 fully saturated rings. The van der Waals surface area contributed by atoms with Crippen molar-refractivity contribution in [3.63, 3.8) is 0 Å². The van der Waals surface area contributed by atoms with E-state index in [9.17, 15) is 0 Å². The zero-order valence-corrected chi connectivity index (χ0v) is 32.4. The zero-order chi connectivity index (χ0) is 37.6. The second-order valence-corrected chi connectivity index (χ2v) is 16.5. The molecule has 0 unspecified atom stereocenters. The van der Waals surface area contributed by atoms with Gasteiger partial charge in [-0.25, -0.2) is 0 Å². The lowest BCUT2D eigenvalue weighted by molar-refractivity contribution is 0.670. The predicted octanol–water partition coefficient (Wildman–Crippen LogP) is 13.7. The molecule has 3 nitrogen and oxygen atoms in total. The van der Waals surface area contributed by atoms with E-state index in [1.807, 2.05) is 11.3 Å². The molecule has 0 atom stereocenters. The van der Waals surface area contributed by atoms with Crippen LogP contribution in [-0.2, 0) is 6.42 Å². The molecule has 4 heterocycles. The summed E-state index contributed by atoms with van der Waals surface area (Å²) in [5, 5.41) is 4.88. The summed E-state index contributed by atoms with van der Waals surface area (Å²) in [5.41, 5.74) is 16.5. The molecular formula is C52H37BN2OS. The molecule has 12 rings (SSSR count). The van der Waals surface area contributed by atoms with Gasteiger partial charge in [-0.05, 0) is 89.5 Å². The van der Waals surface area contributed by atoms with E-state index in [1.54, 1.807) is 0 Å². The molecular weight excluding hydrogens is 711 g/mol. The molecule has 2 aromatic heterocycles. The van der Waals surface area contributed by atoms with Gasteiger partial charge in [0.15, 0.2) is 0 Å². The van der Waals surface area contributed by atoms with Gasteiger partial charge in [-0.1, -0.05) is 129 Å². The van der Waals surface area contributed by atoms with Gasteiger partial charge in [0, 0.05) is 70.4 Å². The Kier molecular flexibility index (Phi) is 7.30. The second kappa shape index (κ2) is 12.7. The van der Waals surface area contributed by atoms with Gasteiger partial charge in [-0.15, -0.1) is 11.3 Å². The molecule has 8 aromatic carbocycles. The molecule has 57 heavy (non-hydrogen) atoms. The third-order valence-electron chi connectivity index (χ3n) is 12.2. The molecule has 0 saturated heterocycles. The molecule has 5 heteroatoms. The van der Waals surface area contributed by atoms with Gasteiger partial charge in [0.1, 0.15) is 11.2 Å². The average molecular weight is 749 g/mol. The smallest absolute Gasteiger partial charge is 0.333 e. The average Bonchev–Trinajstić information content (AvgIpc) is 3.83. The van der Waals surface area contributed by atoms with Crippen LogP contribution >= 0.6 is 11.3 Å². The van der Waals surface area contributed by atoms with Crippen molar-refractivity contribution in [1.82, 2.24) is 0 Å². The van der Waals surface area contributed by atoms with E-state index in [1.165, 1.54) is 88.1 Å². The highest BCUT2D eigenvalue weighted by Gasteiger charge is 2.47. The van der Waals surface area contributed by atoms with Crippen molar-refractivity contribution in [1.29, 1.82) is 0 Å². The molecule has 270 valence electrons. The maximum Gasteiger partial charge on any atom is 0.333 e. The molecule has 0 saturated carbocycles. The van der Waals surface area contributed by atoms with Gasteiger partial charge in [-0.2, -0.15) is 0 Å². The summed E-state index contributed by atoms with van der Waals surface area (Å²) in [4.78, 5) is 5.18. The van der Waals surface area contributed by atoms with Crippen LogP contribution in [0.25, 0.3) is 64.4 Å². The monoisotopic (exact) mass is 748 g/mol. The number of aryl methyl sites for hydroxylation is 1. The Morgan fingerprint density at radius 3 is 2.18 bits per heavy atom. The highest BCUT2D eigenvalue weighted by atomic mass is 32.1. The minimum atomic E-state index is -0.122. The van der Waals surface area contributed by atoms with Crippen molar-refractivity contribution in [2.24, 2.45) is 0 Å². The summed E-state index contributed by atoms with van der Waals surface area (Å²) in [7, 11) is 0. The largest absolute Gasteiger partial charge is 0.455 e. The summed E-state index contributed by atoms with van der Waals surface area (Å²) in [6.07, 6.45) is 3.39. The number of para-hydroxylation sites is 3. The Balaban J connectivity index is 1.27. The highest BCUT2D eigenvalue weighted by molar-refractivity contribution is 7.26. The first-order chi connectivity index (χ1) is 28.2. The predicted molar refractivity (Wildman–Crippen MR) is 244 cm³/mol. The van der Waals surface area contributed by atoms with Crippen molar-refractivity contribution in [3.8, 4) is 22.3 Å². The molecule has 0 N–H and O–H groups in total. The number of hydrogen-bond acceptors (Lipinski definition) is 4. The van der Waals surface area contributed by atoms with Crippen LogP contribution in [-0.4, -0.2) is 6.85 Å². The normalized spacial score (nSPS) is 13.1. The van der Waals surface area contributed by atoms with Gasteiger partial charge in [-0.3, -0.25) is 0 Å². The first kappa shape index (κ1) is 32.7. The van der Waals surface area contributed by atoms with E-state index in [2.05, 4.69) is 186 Å². The summed E-state index contributed by atoms with van der Waals surface area (Å²) < 4.78 is 9.58. The summed E-state index contributed by atoms with van der Waals surface area (Å²) in [6, 6.07) is 62.9. The van der Waals surface area contributed by atoms with Crippen LogP contribution < -0.4 is 20.6 Å². The highest BCUT2D eigenvalue weighted by Crippen LogP contribution is 2.52. The lowest BCUT2D eigenvalue weighted by Gasteiger charge is -2.46. The van der Waals surface area contributed by atoms with E-state index in [4.69, 9.17) is 4.42 Å². The summed E-state index contributed by atoms with van der Waals surface area (Å²) >= 11 is 1.89. The van der Waals surface area contributed by atoms with Gasteiger partial charge in [0.2, 0.25) is 0 Å². The van der Waals surface area contributed by atoms with Crippen LogP contribution in [0.5, 0.6) is 0 Å². The quantitative estimate of drug-likeness (QED) is 0.158. The van der Waals surface area contributed by atoms with Crippen LogP contribution in [0.1, 0.15) is 25.3 Å². The van der Waals surface area contributed by atoms with E-state index >= 15 is 0 Å². The number of hydrogen-bond donors (Lipinski definition) is 0. The molecule has 0 amide bonds. The maximum absolute atomic E-state index is 6.98. The van der Waals surface area contributed by atoms with Crippen LogP contribution in [0.2, 0.25) is 0 Å². The van der Waals surface area contributed by atoms with Crippen molar-refractivity contribution < 1.29 is 4.42 Å². The van der Waals surface area contributed by atoms with E-state index in [0.717, 1.165) is 40.5 Å². The Bertz CT molecular complexity index is 3200. The number of anilines is 5. The number of thiophene rings is 1. The van der Waals surface area contributed by atoms with Gasteiger partial charge in [0.25, 0.3) is 0 Å². The van der Waals surface area contributed by atoms with Crippen molar-refractivity contribution in [2.45, 2.75) is 26.2 Å². The van der Waals surface area contributed by atoms with Crippen molar-refractivity contribution in [2.75, 3.05) is 9.71 Å². The zero-order valence-electron chi connectivity index (χ0n) is 31.6. The number of furan rings is 1. The topological polar surface area (TPSA) is 19.6 Å². The lowest BCUT2D eigenvalue weighted by atomic mass is 9.43. The third kappa shape index (κ3) is 4.85. The standard InChI is InChI=1S/C52H37BN2OS/c1-2-3-16-33-27-28-43(39(29-33)34-17-6-4-7-18-34)54-45-32-49-40(37-22-12-15-26-48(37)57-49)30-42(45)53-51-46(54)31-41-36-21-11-14-25-47(36)56-52(41)50(51)38-23-10-13-24-44(38)55(53)35-19-8-5-9-20-35/h4-15,17-32H,2-3,16H2,1H3. The van der Waals surface area contributed by atoms with Crippen LogP contribution in [0.4, 0.5) is 28.4 Å². The Labute approximate surface area is 336 Å².